The monoisotopic (exact) mass is 496 g/mol. The van der Waals surface area contributed by atoms with Crippen molar-refractivity contribution < 1.29 is 18.7 Å². The molecular weight excluding hydrogens is 471 g/mol. The maximum Gasteiger partial charge on any atom is 0.251 e. The van der Waals surface area contributed by atoms with Gasteiger partial charge in [0.15, 0.2) is 0 Å². The minimum atomic E-state index is -0.571. The summed E-state index contributed by atoms with van der Waals surface area (Å²) in [7, 11) is 0. The van der Waals surface area contributed by atoms with Crippen LogP contribution in [0.1, 0.15) is 45.8 Å². The first-order chi connectivity index (χ1) is 18.0. The van der Waals surface area contributed by atoms with Gasteiger partial charge in [-0.2, -0.15) is 4.39 Å². The summed E-state index contributed by atoms with van der Waals surface area (Å²) >= 11 is 0. The lowest BCUT2D eigenvalue weighted by Crippen LogP contribution is -2.31. The lowest BCUT2D eigenvalue weighted by Gasteiger charge is -2.19. The van der Waals surface area contributed by atoms with E-state index in [1.165, 1.54) is 5.57 Å². The van der Waals surface area contributed by atoms with Gasteiger partial charge >= 0.3 is 0 Å². The molecule has 2 aromatic heterocycles. The molecule has 3 aliphatic heterocycles. The van der Waals surface area contributed by atoms with Crippen LogP contribution in [0, 0.1) is 5.95 Å². The third-order valence-electron chi connectivity index (χ3n) is 7.78. The van der Waals surface area contributed by atoms with Crippen molar-refractivity contribution in [1.29, 1.82) is 0 Å². The van der Waals surface area contributed by atoms with Gasteiger partial charge in [0.05, 0.1) is 13.2 Å². The maximum absolute atomic E-state index is 15.6. The van der Waals surface area contributed by atoms with Gasteiger partial charge in [-0.25, -0.2) is 4.98 Å². The van der Waals surface area contributed by atoms with Crippen molar-refractivity contribution in [3.63, 3.8) is 0 Å². The van der Waals surface area contributed by atoms with E-state index < -0.39 is 5.95 Å². The number of nitrogens with zero attached hydrogens (tertiary/aromatic N) is 1. The van der Waals surface area contributed by atoms with E-state index in [0.717, 1.165) is 51.4 Å². The van der Waals surface area contributed by atoms with Gasteiger partial charge in [0, 0.05) is 52.8 Å². The highest BCUT2D eigenvalue weighted by atomic mass is 19.1. The molecule has 7 nitrogen and oxygen atoms in total. The molecule has 7 rings (SSSR count). The molecule has 8 heteroatoms. The highest BCUT2D eigenvalue weighted by Crippen LogP contribution is 2.39. The number of fused-ring (bicyclic) bond motifs is 4. The summed E-state index contributed by atoms with van der Waals surface area (Å²) in [5, 5.41) is 7.52. The Morgan fingerprint density at radius 1 is 0.973 bits per heavy atom. The summed E-state index contributed by atoms with van der Waals surface area (Å²) in [6.07, 6.45) is 4.03. The van der Waals surface area contributed by atoms with E-state index >= 15 is 4.39 Å². The number of pyridine rings is 1. The number of rotatable bonds is 3. The molecule has 0 radical (unpaired) electrons. The van der Waals surface area contributed by atoms with Gasteiger partial charge in [-0.1, -0.05) is 24.3 Å². The highest BCUT2D eigenvalue weighted by molar-refractivity contribution is 6.10. The molecule has 2 amide bonds. The predicted molar refractivity (Wildman–Crippen MR) is 139 cm³/mol. The summed E-state index contributed by atoms with van der Waals surface area (Å²) < 4.78 is 21.1. The first-order valence-electron chi connectivity index (χ1n) is 12.7. The number of halogens is 1. The van der Waals surface area contributed by atoms with Crippen LogP contribution in [0.5, 0.6) is 0 Å². The van der Waals surface area contributed by atoms with Crippen LogP contribution < -0.4 is 10.6 Å². The summed E-state index contributed by atoms with van der Waals surface area (Å²) in [6.45, 7) is 2.38. The summed E-state index contributed by atoms with van der Waals surface area (Å²) in [5.74, 6) is -0.707. The number of nitrogens with one attached hydrogen (secondary N) is 3. The Balaban J connectivity index is 1.41. The van der Waals surface area contributed by atoms with Crippen LogP contribution in [0.3, 0.4) is 0 Å². The van der Waals surface area contributed by atoms with Crippen LogP contribution in [-0.4, -0.2) is 48.1 Å². The number of H-pyrrole nitrogens is 1. The largest absolute Gasteiger partial charge is 0.377 e. The van der Waals surface area contributed by atoms with E-state index in [9.17, 15) is 9.59 Å². The van der Waals surface area contributed by atoms with Crippen LogP contribution in [-0.2, 0) is 16.0 Å². The fourth-order valence-electron chi connectivity index (χ4n) is 5.86. The molecule has 37 heavy (non-hydrogen) atoms. The molecule has 1 saturated heterocycles. The molecule has 1 unspecified atom stereocenters. The second-order valence-electron chi connectivity index (χ2n) is 9.97. The number of carbonyl (C=O) groups excluding carboxylic acids is 2. The predicted octanol–water partition coefficient (Wildman–Crippen LogP) is 4.22. The van der Waals surface area contributed by atoms with Gasteiger partial charge in [-0.05, 0) is 58.9 Å². The van der Waals surface area contributed by atoms with E-state index in [-0.39, 0.29) is 17.7 Å². The first kappa shape index (κ1) is 22.2. The van der Waals surface area contributed by atoms with E-state index in [0.29, 0.717) is 49.5 Å². The van der Waals surface area contributed by atoms with Crippen molar-refractivity contribution in [3.8, 4) is 11.1 Å². The molecule has 0 saturated carbocycles. The SMILES string of the molecule is O=C1CC(c2cc(C3=CCOCC3)ccc2-c2cc3c(nc2F)[nH]c2cc4c(cc23)CCNC4=O)CN1. The second kappa shape index (κ2) is 8.52. The number of carbonyl (C=O) groups is 2. The van der Waals surface area contributed by atoms with Gasteiger partial charge in [-0.3, -0.25) is 9.59 Å². The zero-order chi connectivity index (χ0) is 25.1. The molecule has 2 aromatic carbocycles. The number of aromatic amines is 1. The number of aromatic nitrogens is 2. The quantitative estimate of drug-likeness (QED) is 0.370. The average Bonchev–Trinajstić information content (AvgIpc) is 3.50. The van der Waals surface area contributed by atoms with Crippen molar-refractivity contribution in [2.75, 3.05) is 26.3 Å². The van der Waals surface area contributed by atoms with Crippen LogP contribution in [0.25, 0.3) is 38.6 Å². The topological polar surface area (TPSA) is 96.1 Å². The summed E-state index contributed by atoms with van der Waals surface area (Å²) in [4.78, 5) is 31.9. The maximum atomic E-state index is 15.6. The van der Waals surface area contributed by atoms with Crippen molar-refractivity contribution in [2.24, 2.45) is 0 Å². The minimum Gasteiger partial charge on any atom is -0.377 e. The molecule has 0 spiro atoms. The molecule has 1 atom stereocenters. The Bertz CT molecular complexity index is 1650. The number of hydrogen-bond acceptors (Lipinski definition) is 4. The van der Waals surface area contributed by atoms with Crippen molar-refractivity contribution in [2.45, 2.75) is 25.2 Å². The number of benzene rings is 2. The lowest BCUT2D eigenvalue weighted by atomic mass is 9.86. The Kier molecular flexibility index (Phi) is 5.11. The second-order valence-corrected chi connectivity index (χ2v) is 9.97. The molecule has 1 fully saturated rings. The van der Waals surface area contributed by atoms with Crippen LogP contribution in [0.4, 0.5) is 4.39 Å². The van der Waals surface area contributed by atoms with Gasteiger partial charge in [0.1, 0.15) is 5.65 Å². The Morgan fingerprint density at radius 2 is 1.89 bits per heavy atom. The standard InChI is InChI=1S/C29H25FN4O3/c30-27-23(12-24-22-10-17-3-6-31-29(36)21(17)13-25(22)33-28(24)34-27)19-2-1-16(15-4-7-37-8-5-15)9-20(19)18-11-26(35)32-14-18/h1-2,4,9-10,12-13,18H,3,5-8,11,14H2,(H,31,36)(H,32,35)(H,33,34). The molecule has 3 N–H and O–H groups in total. The third-order valence-corrected chi connectivity index (χ3v) is 7.78. The van der Waals surface area contributed by atoms with Crippen LogP contribution >= 0.6 is 0 Å². The van der Waals surface area contributed by atoms with Crippen molar-refractivity contribution >= 4 is 39.3 Å². The Morgan fingerprint density at radius 3 is 2.70 bits per heavy atom. The zero-order valence-corrected chi connectivity index (χ0v) is 20.1. The van der Waals surface area contributed by atoms with Gasteiger partial charge in [-0.15, -0.1) is 0 Å². The highest BCUT2D eigenvalue weighted by Gasteiger charge is 2.28. The molecule has 186 valence electrons. The fraction of sp³-hybridized carbons (Fsp3) is 0.276. The molecule has 0 bridgehead atoms. The van der Waals surface area contributed by atoms with Gasteiger partial charge < -0.3 is 20.4 Å². The number of amides is 2. The molecule has 5 heterocycles. The van der Waals surface area contributed by atoms with E-state index in [4.69, 9.17) is 4.74 Å². The smallest absolute Gasteiger partial charge is 0.251 e. The minimum absolute atomic E-state index is 0.00567. The zero-order valence-electron chi connectivity index (χ0n) is 20.1. The first-order valence-corrected chi connectivity index (χ1v) is 12.7. The Labute approximate surface area is 212 Å². The normalized spacial score (nSPS) is 19.6. The van der Waals surface area contributed by atoms with Gasteiger partial charge in [0.2, 0.25) is 11.9 Å². The molecular formula is C29H25FN4O3. The number of ether oxygens (including phenoxy) is 1. The lowest BCUT2D eigenvalue weighted by molar-refractivity contribution is -0.119. The van der Waals surface area contributed by atoms with Crippen molar-refractivity contribution in [3.05, 3.63) is 70.7 Å². The van der Waals surface area contributed by atoms with Crippen LogP contribution in [0.2, 0.25) is 0 Å². The third kappa shape index (κ3) is 3.71. The Hall–Kier alpha value is -4.04. The molecule has 4 aromatic rings. The van der Waals surface area contributed by atoms with E-state index in [2.05, 4.69) is 32.7 Å². The number of hydrogen-bond donors (Lipinski definition) is 3. The van der Waals surface area contributed by atoms with E-state index in [1.54, 1.807) is 0 Å². The van der Waals surface area contributed by atoms with Crippen LogP contribution in [0.15, 0.2) is 42.5 Å². The summed E-state index contributed by atoms with van der Waals surface area (Å²) in [5.41, 5.74) is 7.20. The molecule has 0 aliphatic carbocycles. The fourth-order valence-corrected chi connectivity index (χ4v) is 5.86. The average molecular weight is 497 g/mol. The summed E-state index contributed by atoms with van der Waals surface area (Å²) in [6, 6.07) is 11.8. The van der Waals surface area contributed by atoms with Crippen molar-refractivity contribution in [1.82, 2.24) is 20.6 Å². The molecule has 3 aliphatic rings. The van der Waals surface area contributed by atoms with Gasteiger partial charge in [0.25, 0.3) is 5.91 Å². The van der Waals surface area contributed by atoms with E-state index in [1.807, 2.05) is 30.3 Å².